The Morgan fingerprint density at radius 1 is 0.964 bits per heavy atom. The van der Waals surface area contributed by atoms with Gasteiger partial charge >= 0.3 is 11.4 Å². The fraction of sp³-hybridized carbons (Fsp3) is 0.211. The highest BCUT2D eigenvalue weighted by molar-refractivity contribution is 6.30. The number of rotatable bonds is 7. The molecule has 0 aliphatic carbocycles. The molecule has 3 rings (SSSR count). The van der Waals surface area contributed by atoms with E-state index in [1.54, 1.807) is 48.5 Å². The van der Waals surface area contributed by atoms with E-state index in [1.807, 2.05) is 0 Å². The number of aromatic nitrogens is 3. The lowest BCUT2D eigenvalue weighted by Crippen LogP contribution is -2.43. The van der Waals surface area contributed by atoms with Crippen LogP contribution in [0, 0.1) is 0 Å². The normalized spacial score (nSPS) is 10.8. The number of benzene rings is 2. The summed E-state index contributed by atoms with van der Waals surface area (Å²) in [4.78, 5) is 29.0. The second-order valence-corrected chi connectivity index (χ2v) is 6.54. The van der Waals surface area contributed by atoms with Gasteiger partial charge in [0.15, 0.2) is 0 Å². The molecule has 2 aromatic carbocycles. The summed E-state index contributed by atoms with van der Waals surface area (Å²) in [6.07, 6.45) is 0. The van der Waals surface area contributed by atoms with Gasteiger partial charge in [-0.1, -0.05) is 35.9 Å². The first-order valence-corrected chi connectivity index (χ1v) is 8.94. The Morgan fingerprint density at radius 3 is 2.25 bits per heavy atom. The summed E-state index contributed by atoms with van der Waals surface area (Å²) < 4.78 is 2.22. The molecule has 0 radical (unpaired) electrons. The van der Waals surface area contributed by atoms with Crippen molar-refractivity contribution >= 4 is 17.5 Å². The monoisotopic (exact) mass is 402 g/mol. The number of anilines is 1. The molecular weight excluding hydrogens is 384 g/mol. The fourth-order valence-corrected chi connectivity index (χ4v) is 2.79. The smallest absolute Gasteiger partial charge is 0.355 e. The predicted molar refractivity (Wildman–Crippen MR) is 106 cm³/mol. The van der Waals surface area contributed by atoms with Crippen LogP contribution in [0.5, 0.6) is 5.75 Å². The van der Waals surface area contributed by atoms with E-state index >= 15 is 0 Å². The maximum atomic E-state index is 12.8. The molecule has 0 spiro atoms. The molecule has 0 saturated carbocycles. The van der Waals surface area contributed by atoms with Crippen LogP contribution in [0.25, 0.3) is 0 Å². The number of nitrogens with zero attached hydrogens (tertiary/aromatic N) is 3. The van der Waals surface area contributed by atoms with E-state index in [-0.39, 0.29) is 31.4 Å². The zero-order valence-electron chi connectivity index (χ0n) is 14.9. The number of aliphatic hydroxyl groups excluding tert-OH is 1. The summed E-state index contributed by atoms with van der Waals surface area (Å²) in [5.74, 6) is 0.264. The van der Waals surface area contributed by atoms with E-state index in [2.05, 4.69) is 10.3 Å². The number of hydrogen-bond donors (Lipinski definition) is 3. The van der Waals surface area contributed by atoms with Gasteiger partial charge in [-0.15, -0.1) is 0 Å². The van der Waals surface area contributed by atoms with Gasteiger partial charge in [0.25, 0.3) is 0 Å². The highest BCUT2D eigenvalue weighted by atomic mass is 35.5. The Hall–Kier alpha value is -3.10. The minimum absolute atomic E-state index is 0.118. The Balaban J connectivity index is 1.96. The van der Waals surface area contributed by atoms with Crippen molar-refractivity contribution in [3.05, 3.63) is 85.6 Å². The zero-order valence-corrected chi connectivity index (χ0v) is 15.6. The van der Waals surface area contributed by atoms with Crippen LogP contribution in [-0.2, 0) is 19.6 Å². The molecule has 9 heteroatoms. The predicted octanol–water partition coefficient (Wildman–Crippen LogP) is 1.42. The number of hydrogen-bond acceptors (Lipinski definition) is 6. The first kappa shape index (κ1) is 19.7. The average molecular weight is 403 g/mol. The third-order valence-corrected chi connectivity index (χ3v) is 4.37. The largest absolute Gasteiger partial charge is 0.508 e. The van der Waals surface area contributed by atoms with Crippen LogP contribution >= 0.6 is 11.6 Å². The van der Waals surface area contributed by atoms with Crippen molar-refractivity contribution in [2.45, 2.75) is 19.6 Å². The molecule has 0 aliphatic rings. The molecule has 8 nitrogen and oxygen atoms in total. The van der Waals surface area contributed by atoms with Gasteiger partial charge in [0.05, 0.1) is 19.7 Å². The van der Waals surface area contributed by atoms with E-state index < -0.39 is 11.4 Å². The molecule has 0 amide bonds. The molecule has 28 heavy (non-hydrogen) atoms. The molecule has 0 saturated heterocycles. The molecule has 146 valence electrons. The van der Waals surface area contributed by atoms with Crippen molar-refractivity contribution in [3.63, 3.8) is 0 Å². The lowest BCUT2D eigenvalue weighted by molar-refractivity contribution is 0.268. The third-order valence-electron chi connectivity index (χ3n) is 4.11. The van der Waals surface area contributed by atoms with Gasteiger partial charge in [0, 0.05) is 11.6 Å². The van der Waals surface area contributed by atoms with Gasteiger partial charge in [0.1, 0.15) is 5.75 Å². The van der Waals surface area contributed by atoms with Crippen LogP contribution < -0.4 is 16.7 Å². The molecule has 0 fully saturated rings. The number of halogens is 1. The maximum absolute atomic E-state index is 12.8. The Kier molecular flexibility index (Phi) is 6.13. The van der Waals surface area contributed by atoms with E-state index in [4.69, 9.17) is 16.7 Å². The average Bonchev–Trinajstić information content (AvgIpc) is 2.69. The summed E-state index contributed by atoms with van der Waals surface area (Å²) in [5, 5.41) is 22.1. The summed E-state index contributed by atoms with van der Waals surface area (Å²) in [6.45, 7) is -0.00893. The molecule has 1 heterocycles. The highest BCUT2D eigenvalue weighted by Gasteiger charge is 2.13. The van der Waals surface area contributed by atoms with Gasteiger partial charge in [0.2, 0.25) is 5.95 Å². The van der Waals surface area contributed by atoms with Crippen LogP contribution in [0.15, 0.2) is 58.1 Å². The van der Waals surface area contributed by atoms with E-state index in [0.29, 0.717) is 11.6 Å². The topological polar surface area (TPSA) is 109 Å². The lowest BCUT2D eigenvalue weighted by Gasteiger charge is -2.15. The number of aliphatic hydroxyl groups is 1. The maximum Gasteiger partial charge on any atom is 0.355 e. The quantitative estimate of drug-likeness (QED) is 0.551. The molecule has 0 aliphatic heterocycles. The van der Waals surface area contributed by atoms with Gasteiger partial charge in [-0.25, -0.2) is 14.2 Å². The molecule has 0 atom stereocenters. The summed E-state index contributed by atoms with van der Waals surface area (Å²) in [7, 11) is 0. The molecule has 0 bridgehead atoms. The first-order chi connectivity index (χ1) is 13.5. The lowest BCUT2D eigenvalue weighted by atomic mass is 10.2. The van der Waals surface area contributed by atoms with E-state index in [9.17, 15) is 14.7 Å². The van der Waals surface area contributed by atoms with Crippen molar-refractivity contribution < 1.29 is 10.2 Å². The first-order valence-electron chi connectivity index (χ1n) is 8.56. The van der Waals surface area contributed by atoms with Gasteiger partial charge in [-0.3, -0.25) is 4.57 Å². The van der Waals surface area contributed by atoms with Crippen LogP contribution in [0.2, 0.25) is 5.02 Å². The minimum atomic E-state index is -0.736. The van der Waals surface area contributed by atoms with Crippen molar-refractivity contribution in [2.24, 2.45) is 0 Å². The van der Waals surface area contributed by atoms with Crippen molar-refractivity contribution in [3.8, 4) is 5.75 Å². The van der Waals surface area contributed by atoms with Crippen molar-refractivity contribution in [1.29, 1.82) is 0 Å². The molecule has 3 N–H and O–H groups in total. The Morgan fingerprint density at radius 2 is 1.61 bits per heavy atom. The second-order valence-electron chi connectivity index (χ2n) is 6.11. The number of aromatic hydroxyl groups is 1. The van der Waals surface area contributed by atoms with Crippen molar-refractivity contribution in [2.75, 3.05) is 11.9 Å². The molecule has 1 aromatic heterocycles. The fourth-order valence-electron chi connectivity index (χ4n) is 2.67. The van der Waals surface area contributed by atoms with E-state index in [0.717, 1.165) is 15.7 Å². The van der Waals surface area contributed by atoms with E-state index in [1.165, 1.54) is 4.57 Å². The summed E-state index contributed by atoms with van der Waals surface area (Å²) in [5.41, 5.74) is 0.330. The number of phenolic OH excluding ortho intramolecular Hbond substituents is 1. The summed E-state index contributed by atoms with van der Waals surface area (Å²) >= 11 is 5.91. The second kappa shape index (κ2) is 8.73. The van der Waals surface area contributed by atoms with Gasteiger partial charge in [-0.2, -0.15) is 4.98 Å². The highest BCUT2D eigenvalue weighted by Crippen LogP contribution is 2.13. The Labute approximate surface area is 165 Å². The SMILES string of the molecule is O=c1nc(NCc2ccc(O)cc2)n(Cc2ccc(Cl)cc2)c(=O)n1CCO. The zero-order chi connectivity index (χ0) is 20.1. The van der Waals surface area contributed by atoms with Gasteiger partial charge < -0.3 is 15.5 Å². The third kappa shape index (κ3) is 4.59. The van der Waals surface area contributed by atoms with Crippen LogP contribution in [0.3, 0.4) is 0 Å². The molecule has 3 aromatic rings. The van der Waals surface area contributed by atoms with Crippen LogP contribution in [0.1, 0.15) is 11.1 Å². The van der Waals surface area contributed by atoms with Crippen molar-refractivity contribution in [1.82, 2.24) is 14.1 Å². The van der Waals surface area contributed by atoms with Gasteiger partial charge in [-0.05, 0) is 35.4 Å². The number of nitrogens with one attached hydrogen (secondary N) is 1. The number of phenols is 1. The molecular formula is C19H19ClN4O4. The van der Waals surface area contributed by atoms with Crippen LogP contribution in [-0.4, -0.2) is 30.9 Å². The Bertz CT molecular complexity index is 1060. The summed E-state index contributed by atoms with van der Waals surface area (Å²) in [6, 6.07) is 13.5. The standard InChI is InChI=1S/C19H19ClN4O4/c20-15-5-1-14(2-6-15)12-24-17(21-11-13-3-7-16(26)8-4-13)22-18(27)23(9-10-25)19(24)28/h1-8,25-26H,9-12H2,(H,21,22,27). The molecule has 0 unspecified atom stereocenters. The minimum Gasteiger partial charge on any atom is -0.508 e. The van der Waals surface area contributed by atoms with Crippen LogP contribution in [0.4, 0.5) is 5.95 Å².